The second kappa shape index (κ2) is 5.27. The van der Waals surface area contributed by atoms with Gasteiger partial charge in [0.1, 0.15) is 11.6 Å². The van der Waals surface area contributed by atoms with E-state index in [9.17, 15) is 8.78 Å². The lowest BCUT2D eigenvalue weighted by atomic mass is 10.2. The normalized spacial score (nSPS) is 10.3. The molecule has 1 nitrogen and oxygen atoms in total. The van der Waals surface area contributed by atoms with Crippen LogP contribution in [0.1, 0.15) is 5.56 Å². The maximum Gasteiger partial charge on any atom is 0.149 e. The van der Waals surface area contributed by atoms with Gasteiger partial charge < -0.3 is 5.32 Å². The second-order valence-electron chi connectivity index (χ2n) is 3.59. The zero-order chi connectivity index (χ0) is 12.3. The van der Waals surface area contributed by atoms with Gasteiger partial charge in [-0.2, -0.15) is 0 Å². The van der Waals surface area contributed by atoms with E-state index in [0.29, 0.717) is 6.54 Å². The van der Waals surface area contributed by atoms with Crippen LogP contribution >= 0.6 is 15.9 Å². The minimum Gasteiger partial charge on any atom is -0.379 e. The number of nitrogens with one attached hydrogen (secondary N) is 1. The van der Waals surface area contributed by atoms with E-state index in [0.717, 1.165) is 11.6 Å². The maximum atomic E-state index is 13.4. The molecule has 1 N–H and O–H groups in total. The molecule has 0 amide bonds. The minimum absolute atomic E-state index is 0.245. The van der Waals surface area contributed by atoms with Crippen molar-refractivity contribution in [2.75, 3.05) is 5.32 Å². The smallest absolute Gasteiger partial charge is 0.149 e. The van der Waals surface area contributed by atoms with Gasteiger partial charge in [0.05, 0.1) is 10.2 Å². The van der Waals surface area contributed by atoms with Gasteiger partial charge in [-0.15, -0.1) is 0 Å². The number of hydrogen-bond donors (Lipinski definition) is 1. The van der Waals surface area contributed by atoms with Crippen LogP contribution in [0.2, 0.25) is 0 Å². The quantitative estimate of drug-likeness (QED) is 0.831. The van der Waals surface area contributed by atoms with Crippen molar-refractivity contribution in [3.63, 3.8) is 0 Å². The summed E-state index contributed by atoms with van der Waals surface area (Å²) in [7, 11) is 0. The minimum atomic E-state index is -0.604. The first-order chi connectivity index (χ1) is 8.16. The highest BCUT2D eigenvalue weighted by atomic mass is 79.9. The SMILES string of the molecule is Fc1cc(F)c(NCc2ccccc2)cc1Br. The van der Waals surface area contributed by atoms with Crippen LogP contribution in [-0.4, -0.2) is 0 Å². The van der Waals surface area contributed by atoms with Crippen LogP contribution in [0.25, 0.3) is 0 Å². The van der Waals surface area contributed by atoms with E-state index in [1.54, 1.807) is 0 Å². The van der Waals surface area contributed by atoms with Crippen LogP contribution in [-0.2, 0) is 6.54 Å². The second-order valence-corrected chi connectivity index (χ2v) is 4.44. The number of halogens is 3. The molecule has 0 bridgehead atoms. The standard InChI is InChI=1S/C13H10BrF2N/c14-10-6-13(12(16)7-11(10)15)17-8-9-4-2-1-3-5-9/h1-7,17H,8H2. The van der Waals surface area contributed by atoms with E-state index in [-0.39, 0.29) is 10.2 Å². The molecule has 2 rings (SSSR count). The molecule has 0 spiro atoms. The van der Waals surface area contributed by atoms with Crippen molar-refractivity contribution < 1.29 is 8.78 Å². The summed E-state index contributed by atoms with van der Waals surface area (Å²) in [5.74, 6) is -1.20. The Morgan fingerprint density at radius 2 is 1.71 bits per heavy atom. The van der Waals surface area contributed by atoms with Crippen molar-refractivity contribution in [1.29, 1.82) is 0 Å². The third kappa shape index (κ3) is 3.03. The molecular weight excluding hydrogens is 288 g/mol. The third-order valence-corrected chi connectivity index (χ3v) is 2.94. The monoisotopic (exact) mass is 297 g/mol. The predicted molar refractivity (Wildman–Crippen MR) is 67.8 cm³/mol. The Hall–Kier alpha value is -1.42. The lowest BCUT2D eigenvalue weighted by molar-refractivity contribution is 0.580. The Kier molecular flexibility index (Phi) is 3.74. The first kappa shape index (κ1) is 12.0. The molecule has 0 radical (unpaired) electrons. The molecule has 0 atom stereocenters. The van der Waals surface area contributed by atoms with Gasteiger partial charge in [0.2, 0.25) is 0 Å². The molecule has 2 aromatic carbocycles. The summed E-state index contributed by atoms with van der Waals surface area (Å²) in [6, 6.07) is 11.9. The fourth-order valence-corrected chi connectivity index (χ4v) is 1.79. The van der Waals surface area contributed by atoms with E-state index >= 15 is 0 Å². The van der Waals surface area contributed by atoms with Crippen LogP contribution in [0.4, 0.5) is 14.5 Å². The van der Waals surface area contributed by atoms with Crippen molar-refractivity contribution in [1.82, 2.24) is 0 Å². The molecule has 0 saturated carbocycles. The van der Waals surface area contributed by atoms with Gasteiger partial charge in [-0.05, 0) is 27.6 Å². The van der Waals surface area contributed by atoms with Crippen molar-refractivity contribution in [2.24, 2.45) is 0 Å². The van der Waals surface area contributed by atoms with E-state index in [2.05, 4.69) is 21.2 Å². The number of benzene rings is 2. The Labute approximate surface area is 107 Å². The van der Waals surface area contributed by atoms with Gasteiger partial charge in [-0.25, -0.2) is 8.78 Å². The zero-order valence-corrected chi connectivity index (χ0v) is 10.5. The lowest BCUT2D eigenvalue weighted by Crippen LogP contribution is -2.01. The maximum absolute atomic E-state index is 13.4. The van der Waals surface area contributed by atoms with E-state index in [1.165, 1.54) is 6.07 Å². The lowest BCUT2D eigenvalue weighted by Gasteiger charge is -2.08. The van der Waals surface area contributed by atoms with Crippen LogP contribution < -0.4 is 5.32 Å². The number of hydrogen-bond acceptors (Lipinski definition) is 1. The van der Waals surface area contributed by atoms with E-state index in [4.69, 9.17) is 0 Å². The van der Waals surface area contributed by atoms with Crippen LogP contribution in [0.15, 0.2) is 46.9 Å². The molecule has 2 aromatic rings. The molecule has 0 aromatic heterocycles. The molecular formula is C13H10BrF2N. The Morgan fingerprint density at radius 3 is 2.41 bits per heavy atom. The zero-order valence-electron chi connectivity index (χ0n) is 8.88. The fourth-order valence-electron chi connectivity index (χ4n) is 1.45. The summed E-state index contributed by atoms with van der Waals surface area (Å²) in [4.78, 5) is 0. The first-order valence-corrected chi connectivity index (χ1v) is 5.88. The highest BCUT2D eigenvalue weighted by Gasteiger charge is 2.07. The largest absolute Gasteiger partial charge is 0.379 e. The molecule has 17 heavy (non-hydrogen) atoms. The van der Waals surface area contributed by atoms with Gasteiger partial charge in [0.25, 0.3) is 0 Å². The molecule has 0 aliphatic carbocycles. The van der Waals surface area contributed by atoms with Gasteiger partial charge in [0, 0.05) is 12.6 Å². The highest BCUT2D eigenvalue weighted by Crippen LogP contribution is 2.24. The van der Waals surface area contributed by atoms with Crippen molar-refractivity contribution in [3.05, 3.63) is 64.1 Å². The van der Waals surface area contributed by atoms with Gasteiger partial charge in [0.15, 0.2) is 0 Å². The van der Waals surface area contributed by atoms with Crippen LogP contribution in [0.5, 0.6) is 0 Å². The third-order valence-electron chi connectivity index (χ3n) is 2.34. The van der Waals surface area contributed by atoms with Gasteiger partial charge in [-0.1, -0.05) is 30.3 Å². The molecule has 4 heteroatoms. The first-order valence-electron chi connectivity index (χ1n) is 5.09. The fraction of sp³-hybridized carbons (Fsp3) is 0.0769. The van der Waals surface area contributed by atoms with Gasteiger partial charge >= 0.3 is 0 Å². The van der Waals surface area contributed by atoms with Crippen molar-refractivity contribution in [2.45, 2.75) is 6.54 Å². The average Bonchev–Trinajstić information content (AvgIpc) is 2.33. The molecule has 0 saturated heterocycles. The topological polar surface area (TPSA) is 12.0 Å². The Bertz CT molecular complexity index is 514. The Morgan fingerprint density at radius 1 is 1.00 bits per heavy atom. The van der Waals surface area contributed by atoms with E-state index < -0.39 is 11.6 Å². The molecule has 0 aliphatic rings. The van der Waals surface area contributed by atoms with Crippen LogP contribution in [0, 0.1) is 11.6 Å². The summed E-state index contributed by atoms with van der Waals surface area (Å²) in [6.07, 6.45) is 0. The van der Waals surface area contributed by atoms with Gasteiger partial charge in [-0.3, -0.25) is 0 Å². The summed E-state index contributed by atoms with van der Waals surface area (Å²) in [6.45, 7) is 0.496. The summed E-state index contributed by atoms with van der Waals surface area (Å²) < 4.78 is 26.7. The average molecular weight is 298 g/mol. The molecule has 0 aliphatic heterocycles. The molecule has 88 valence electrons. The van der Waals surface area contributed by atoms with Crippen molar-refractivity contribution in [3.8, 4) is 0 Å². The predicted octanol–water partition coefficient (Wildman–Crippen LogP) is 4.34. The van der Waals surface area contributed by atoms with E-state index in [1.807, 2.05) is 30.3 Å². The summed E-state index contributed by atoms with van der Waals surface area (Å²) >= 11 is 3.02. The molecule has 0 unspecified atom stereocenters. The van der Waals surface area contributed by atoms with Crippen molar-refractivity contribution >= 4 is 21.6 Å². The summed E-state index contributed by atoms with van der Waals surface area (Å²) in [5.41, 5.74) is 1.31. The van der Waals surface area contributed by atoms with Crippen LogP contribution in [0.3, 0.4) is 0 Å². The highest BCUT2D eigenvalue weighted by molar-refractivity contribution is 9.10. The number of rotatable bonds is 3. The molecule has 0 fully saturated rings. The number of anilines is 1. The Balaban J connectivity index is 2.12. The molecule has 0 heterocycles. The summed E-state index contributed by atoms with van der Waals surface area (Å²) in [5, 5.41) is 2.93.